The molecule has 0 heterocycles. The fourth-order valence-electron chi connectivity index (χ4n) is 2.71. The van der Waals surface area contributed by atoms with Crippen LogP contribution in [-0.4, -0.2) is 12.0 Å². The van der Waals surface area contributed by atoms with Crippen molar-refractivity contribution in [2.24, 2.45) is 0 Å². The Balaban J connectivity index is 1.75. The molecule has 0 radical (unpaired) electrons. The zero-order valence-electron chi connectivity index (χ0n) is 14.3. The summed E-state index contributed by atoms with van der Waals surface area (Å²) in [4.78, 5) is 12.6. The summed E-state index contributed by atoms with van der Waals surface area (Å²) in [5, 5.41) is 5.80. The molecule has 3 nitrogen and oxygen atoms in total. The average Bonchev–Trinajstić information content (AvgIpc) is 2.61. The predicted molar refractivity (Wildman–Crippen MR) is 103 cm³/mol. The van der Waals surface area contributed by atoms with Crippen LogP contribution in [0.5, 0.6) is 5.75 Å². The van der Waals surface area contributed by atoms with Crippen LogP contribution in [0.25, 0.3) is 10.8 Å². The van der Waals surface area contributed by atoms with Gasteiger partial charge in [0.2, 0.25) is 0 Å². The molecule has 0 saturated heterocycles. The summed E-state index contributed by atoms with van der Waals surface area (Å²) in [7, 11) is 0. The Morgan fingerprint density at radius 3 is 2.56 bits per heavy atom. The van der Waals surface area contributed by atoms with E-state index in [-0.39, 0.29) is 5.91 Å². The van der Waals surface area contributed by atoms with Crippen molar-refractivity contribution in [1.82, 2.24) is 0 Å². The molecule has 0 aromatic heterocycles. The van der Waals surface area contributed by atoms with Crippen molar-refractivity contribution in [3.63, 3.8) is 0 Å². The van der Waals surface area contributed by atoms with Crippen LogP contribution in [0, 0.1) is 6.92 Å². The van der Waals surface area contributed by atoms with E-state index in [0.717, 1.165) is 22.0 Å². The number of aryl methyl sites for hydroxylation is 1. The fraction of sp³-hybridized carbons (Fsp3) is 0.190. The van der Waals surface area contributed by atoms with Crippen LogP contribution in [0.3, 0.4) is 0 Å². The molecule has 0 aliphatic carbocycles. The first kappa shape index (κ1) is 17.3. The number of carbonyl (C=O) groups excluding carboxylic acids is 1. The van der Waals surface area contributed by atoms with Gasteiger partial charge in [-0.3, -0.25) is 4.79 Å². The number of amides is 1. The minimum Gasteiger partial charge on any atom is -0.481 e. The number of nitrogens with one attached hydrogen (secondary N) is 1. The van der Waals surface area contributed by atoms with Crippen molar-refractivity contribution in [3.8, 4) is 5.75 Å². The number of ether oxygens (including phenoxy) is 1. The van der Waals surface area contributed by atoms with Gasteiger partial charge in [0.1, 0.15) is 5.75 Å². The van der Waals surface area contributed by atoms with E-state index in [1.165, 1.54) is 0 Å². The van der Waals surface area contributed by atoms with Gasteiger partial charge in [0, 0.05) is 10.7 Å². The van der Waals surface area contributed by atoms with Crippen LogP contribution in [-0.2, 0) is 4.79 Å². The second-order valence-corrected chi connectivity index (χ2v) is 6.41. The number of benzene rings is 3. The highest BCUT2D eigenvalue weighted by atomic mass is 35.5. The quantitative estimate of drug-likeness (QED) is 0.648. The van der Waals surface area contributed by atoms with Crippen LogP contribution in [0.1, 0.15) is 18.9 Å². The molecule has 1 amide bonds. The van der Waals surface area contributed by atoms with Gasteiger partial charge in [0.15, 0.2) is 6.10 Å². The molecule has 3 aromatic rings. The highest BCUT2D eigenvalue weighted by molar-refractivity contribution is 6.30. The summed E-state index contributed by atoms with van der Waals surface area (Å²) < 4.78 is 5.93. The standard InChI is InChI=1S/C21H20ClNO2/c1-3-20(21(24)23-19-11-9-17(22)12-14(19)2)25-18-10-8-15-6-4-5-7-16(15)13-18/h4-13,20H,3H2,1-2H3,(H,23,24)/t20-/m0/s1. The van der Waals surface area contributed by atoms with Crippen LogP contribution in [0.2, 0.25) is 5.02 Å². The number of hydrogen-bond acceptors (Lipinski definition) is 2. The van der Waals surface area contributed by atoms with Crippen molar-refractivity contribution in [1.29, 1.82) is 0 Å². The van der Waals surface area contributed by atoms with Crippen molar-refractivity contribution < 1.29 is 9.53 Å². The third kappa shape index (κ3) is 4.12. The SMILES string of the molecule is CC[C@H](Oc1ccc2ccccc2c1)C(=O)Nc1ccc(Cl)cc1C. The molecule has 4 heteroatoms. The van der Waals surface area contributed by atoms with Gasteiger partial charge in [-0.25, -0.2) is 0 Å². The Bertz CT molecular complexity index is 907. The first-order chi connectivity index (χ1) is 12.1. The summed E-state index contributed by atoms with van der Waals surface area (Å²) in [6, 6.07) is 19.3. The number of fused-ring (bicyclic) bond motifs is 1. The van der Waals surface area contributed by atoms with E-state index in [1.54, 1.807) is 12.1 Å². The van der Waals surface area contributed by atoms with Crippen LogP contribution in [0.15, 0.2) is 60.7 Å². The van der Waals surface area contributed by atoms with Crippen LogP contribution in [0.4, 0.5) is 5.69 Å². The molecule has 0 fully saturated rings. The van der Waals surface area contributed by atoms with Crippen LogP contribution < -0.4 is 10.1 Å². The summed E-state index contributed by atoms with van der Waals surface area (Å²) in [6.45, 7) is 3.84. The molecule has 0 aliphatic rings. The highest BCUT2D eigenvalue weighted by Crippen LogP contribution is 2.23. The monoisotopic (exact) mass is 353 g/mol. The first-order valence-electron chi connectivity index (χ1n) is 8.29. The molecule has 3 aromatic carbocycles. The lowest BCUT2D eigenvalue weighted by molar-refractivity contribution is -0.122. The van der Waals surface area contributed by atoms with Crippen LogP contribution >= 0.6 is 11.6 Å². The van der Waals surface area contributed by atoms with Gasteiger partial charge in [0.05, 0.1) is 0 Å². The van der Waals surface area contributed by atoms with E-state index in [1.807, 2.05) is 62.4 Å². The summed E-state index contributed by atoms with van der Waals surface area (Å²) in [5.41, 5.74) is 1.66. The van der Waals surface area contributed by atoms with Crippen molar-refractivity contribution in [3.05, 3.63) is 71.2 Å². The van der Waals surface area contributed by atoms with Gasteiger partial charge < -0.3 is 10.1 Å². The zero-order valence-corrected chi connectivity index (χ0v) is 15.0. The van der Waals surface area contributed by atoms with E-state index >= 15 is 0 Å². The van der Waals surface area contributed by atoms with Gasteiger partial charge in [0.25, 0.3) is 5.91 Å². The Labute approximate surface area is 152 Å². The summed E-state index contributed by atoms with van der Waals surface area (Å²) in [6.07, 6.45) is 0.0157. The molecule has 1 N–H and O–H groups in total. The van der Waals surface area contributed by atoms with Gasteiger partial charge in [-0.15, -0.1) is 0 Å². The molecule has 0 saturated carbocycles. The van der Waals surface area contributed by atoms with Gasteiger partial charge in [-0.2, -0.15) is 0 Å². The minimum absolute atomic E-state index is 0.166. The molecule has 0 unspecified atom stereocenters. The van der Waals surface area contributed by atoms with Gasteiger partial charge in [-0.1, -0.05) is 48.9 Å². The summed E-state index contributed by atoms with van der Waals surface area (Å²) >= 11 is 5.96. The lowest BCUT2D eigenvalue weighted by atomic mass is 10.1. The molecule has 0 aliphatic heterocycles. The Kier molecular flexibility index (Phi) is 5.25. The molecule has 25 heavy (non-hydrogen) atoms. The zero-order chi connectivity index (χ0) is 17.8. The smallest absolute Gasteiger partial charge is 0.265 e. The predicted octanol–water partition coefficient (Wildman–Crippen LogP) is 5.60. The van der Waals surface area contributed by atoms with E-state index in [2.05, 4.69) is 5.32 Å². The maximum Gasteiger partial charge on any atom is 0.265 e. The second kappa shape index (κ2) is 7.58. The number of anilines is 1. The number of carbonyl (C=O) groups is 1. The third-order valence-electron chi connectivity index (χ3n) is 4.11. The first-order valence-corrected chi connectivity index (χ1v) is 8.67. The Morgan fingerprint density at radius 2 is 1.84 bits per heavy atom. The normalized spacial score (nSPS) is 12.0. The van der Waals surface area contributed by atoms with Gasteiger partial charge in [-0.05, 0) is 60.0 Å². The van der Waals surface area contributed by atoms with E-state index in [0.29, 0.717) is 17.2 Å². The maximum absolute atomic E-state index is 12.6. The third-order valence-corrected chi connectivity index (χ3v) is 4.34. The molecule has 0 spiro atoms. The van der Waals surface area contributed by atoms with E-state index in [9.17, 15) is 4.79 Å². The topological polar surface area (TPSA) is 38.3 Å². The maximum atomic E-state index is 12.6. The molecule has 3 rings (SSSR count). The highest BCUT2D eigenvalue weighted by Gasteiger charge is 2.19. The average molecular weight is 354 g/mol. The minimum atomic E-state index is -0.559. The second-order valence-electron chi connectivity index (χ2n) is 5.97. The molecular weight excluding hydrogens is 334 g/mol. The largest absolute Gasteiger partial charge is 0.481 e. The van der Waals surface area contributed by atoms with Gasteiger partial charge >= 0.3 is 0 Å². The molecule has 128 valence electrons. The van der Waals surface area contributed by atoms with E-state index in [4.69, 9.17) is 16.3 Å². The Morgan fingerprint density at radius 1 is 1.08 bits per heavy atom. The Hall–Kier alpha value is -2.52. The van der Waals surface area contributed by atoms with Crippen molar-refractivity contribution in [2.75, 3.05) is 5.32 Å². The van der Waals surface area contributed by atoms with E-state index < -0.39 is 6.10 Å². The lowest BCUT2D eigenvalue weighted by Crippen LogP contribution is -2.32. The number of rotatable bonds is 5. The number of hydrogen-bond donors (Lipinski definition) is 1. The lowest BCUT2D eigenvalue weighted by Gasteiger charge is -2.18. The van der Waals surface area contributed by atoms with Crippen molar-refractivity contribution in [2.45, 2.75) is 26.4 Å². The van der Waals surface area contributed by atoms with Crippen molar-refractivity contribution >= 4 is 34.0 Å². The molecule has 0 bridgehead atoms. The molecular formula is C21H20ClNO2. The molecule has 1 atom stereocenters. The number of halogens is 1. The fourth-order valence-corrected chi connectivity index (χ4v) is 2.93. The summed E-state index contributed by atoms with van der Waals surface area (Å²) in [5.74, 6) is 0.523.